The molecule has 7 heteroatoms. The quantitative estimate of drug-likeness (QED) is 0.714. The van der Waals surface area contributed by atoms with E-state index >= 15 is 0 Å². The average Bonchev–Trinajstić information content (AvgIpc) is 2.36. The number of primary amides is 1. The number of esters is 1. The minimum atomic E-state index is -0.667. The molecule has 0 radical (unpaired) electrons. The normalized spacial score (nSPS) is 9.56. The first-order valence-electron chi connectivity index (χ1n) is 5.00. The van der Waals surface area contributed by atoms with Crippen LogP contribution in [-0.4, -0.2) is 23.6 Å². The van der Waals surface area contributed by atoms with Gasteiger partial charge in [0.1, 0.15) is 11.6 Å². The van der Waals surface area contributed by atoms with Gasteiger partial charge < -0.3 is 15.0 Å². The number of nitrogens with zero attached hydrogens (tertiary/aromatic N) is 2. The van der Waals surface area contributed by atoms with Crippen LogP contribution in [0.25, 0.3) is 0 Å². The van der Waals surface area contributed by atoms with Crippen LogP contribution >= 0.6 is 0 Å². The number of hydrogen-bond donors (Lipinski definition) is 1. The lowest BCUT2D eigenvalue weighted by Crippen LogP contribution is -2.26. The van der Waals surface area contributed by atoms with Gasteiger partial charge in [-0.15, -0.1) is 0 Å². The molecule has 1 aromatic heterocycles. The van der Waals surface area contributed by atoms with Crippen molar-refractivity contribution < 1.29 is 14.3 Å². The number of nitrogens with two attached hydrogens (primary N) is 1. The number of pyridine rings is 1. The molecule has 0 aliphatic heterocycles. The van der Waals surface area contributed by atoms with Crippen molar-refractivity contribution in [3.63, 3.8) is 0 Å². The highest BCUT2D eigenvalue weighted by Gasteiger charge is 2.12. The molecule has 0 unspecified atom stereocenters. The number of hydrogen-bond acceptors (Lipinski definition) is 5. The lowest BCUT2D eigenvalue weighted by molar-refractivity contribution is -0.118. The van der Waals surface area contributed by atoms with Gasteiger partial charge in [0.15, 0.2) is 0 Å². The standard InChI is InChI=1S/C11H11N3O4/c1-18-11(17)8-4-7(5-12)10(16)14(6-8)3-2-9(13)15/h4,6H,2-3H2,1H3,(H2,13,15). The molecule has 1 rings (SSSR count). The van der Waals surface area contributed by atoms with Gasteiger partial charge in [-0.2, -0.15) is 5.26 Å². The zero-order valence-corrected chi connectivity index (χ0v) is 9.67. The summed E-state index contributed by atoms with van der Waals surface area (Å²) >= 11 is 0. The van der Waals surface area contributed by atoms with E-state index in [0.29, 0.717) is 0 Å². The summed E-state index contributed by atoms with van der Waals surface area (Å²) in [7, 11) is 1.19. The Kier molecular flexibility index (Phi) is 4.21. The van der Waals surface area contributed by atoms with Gasteiger partial charge in [-0.3, -0.25) is 9.59 Å². The lowest BCUT2D eigenvalue weighted by Gasteiger charge is -2.07. The van der Waals surface area contributed by atoms with Crippen LogP contribution in [-0.2, 0) is 16.1 Å². The highest BCUT2D eigenvalue weighted by atomic mass is 16.5. The first kappa shape index (κ1) is 13.4. The second-order valence-corrected chi connectivity index (χ2v) is 3.46. The van der Waals surface area contributed by atoms with E-state index in [1.807, 2.05) is 0 Å². The van der Waals surface area contributed by atoms with E-state index in [9.17, 15) is 14.4 Å². The predicted molar refractivity (Wildman–Crippen MR) is 60.6 cm³/mol. The zero-order chi connectivity index (χ0) is 13.7. The molecule has 0 atom stereocenters. The van der Waals surface area contributed by atoms with E-state index in [-0.39, 0.29) is 24.1 Å². The van der Waals surface area contributed by atoms with Crippen LogP contribution < -0.4 is 11.3 Å². The summed E-state index contributed by atoms with van der Waals surface area (Å²) in [6.45, 7) is 0.00762. The molecule has 0 spiro atoms. The number of ether oxygens (including phenoxy) is 1. The fourth-order valence-electron chi connectivity index (χ4n) is 1.34. The molecule has 0 bridgehead atoms. The Bertz CT molecular complexity index is 583. The minimum absolute atomic E-state index is 0.00762. The maximum atomic E-state index is 11.7. The largest absolute Gasteiger partial charge is 0.465 e. The average molecular weight is 249 g/mol. The lowest BCUT2D eigenvalue weighted by atomic mass is 10.2. The Morgan fingerprint density at radius 3 is 2.72 bits per heavy atom. The van der Waals surface area contributed by atoms with Crippen molar-refractivity contribution in [3.8, 4) is 6.07 Å². The first-order valence-corrected chi connectivity index (χ1v) is 5.00. The third-order valence-electron chi connectivity index (χ3n) is 2.23. The number of aromatic nitrogens is 1. The Morgan fingerprint density at radius 2 is 2.22 bits per heavy atom. The van der Waals surface area contributed by atoms with Crippen LogP contribution in [0.3, 0.4) is 0 Å². The summed E-state index contributed by atoms with van der Waals surface area (Å²) in [6.07, 6.45) is 1.17. The molecule has 0 aromatic carbocycles. The second kappa shape index (κ2) is 5.63. The monoisotopic (exact) mass is 249 g/mol. The molecule has 1 heterocycles. The van der Waals surface area contributed by atoms with Gasteiger partial charge in [0.2, 0.25) is 5.91 Å². The number of rotatable bonds is 4. The van der Waals surface area contributed by atoms with Gasteiger partial charge >= 0.3 is 5.97 Å². The third kappa shape index (κ3) is 2.95. The van der Waals surface area contributed by atoms with Gasteiger partial charge in [-0.05, 0) is 6.07 Å². The fourth-order valence-corrected chi connectivity index (χ4v) is 1.34. The number of carbonyl (C=O) groups is 2. The molecule has 0 fully saturated rings. The van der Waals surface area contributed by atoms with Crippen LogP contribution in [0.2, 0.25) is 0 Å². The molecule has 94 valence electrons. The van der Waals surface area contributed by atoms with Crippen molar-refractivity contribution in [1.29, 1.82) is 5.26 Å². The number of carbonyl (C=O) groups excluding carboxylic acids is 2. The van der Waals surface area contributed by atoms with Gasteiger partial charge in [0, 0.05) is 19.2 Å². The first-order chi connectivity index (χ1) is 8.49. The highest BCUT2D eigenvalue weighted by molar-refractivity contribution is 5.89. The number of methoxy groups -OCH3 is 1. The van der Waals surface area contributed by atoms with E-state index in [1.54, 1.807) is 6.07 Å². The van der Waals surface area contributed by atoms with Gasteiger partial charge in [0.05, 0.1) is 12.7 Å². The minimum Gasteiger partial charge on any atom is -0.465 e. The Morgan fingerprint density at radius 1 is 1.56 bits per heavy atom. The summed E-state index contributed by atoms with van der Waals surface area (Å²) in [5.41, 5.74) is 4.27. The summed E-state index contributed by atoms with van der Waals surface area (Å²) < 4.78 is 5.59. The van der Waals surface area contributed by atoms with Gasteiger partial charge in [0.25, 0.3) is 5.56 Å². The van der Waals surface area contributed by atoms with Crippen molar-refractivity contribution in [2.45, 2.75) is 13.0 Å². The second-order valence-electron chi connectivity index (χ2n) is 3.46. The van der Waals surface area contributed by atoms with Gasteiger partial charge in [-0.1, -0.05) is 0 Å². The summed E-state index contributed by atoms with van der Waals surface area (Å²) in [4.78, 5) is 33.7. The number of amides is 1. The number of aryl methyl sites for hydroxylation is 1. The Hall–Kier alpha value is -2.62. The molecule has 0 saturated heterocycles. The van der Waals surface area contributed by atoms with Crippen LogP contribution in [0.1, 0.15) is 22.3 Å². The van der Waals surface area contributed by atoms with Crippen LogP contribution in [0, 0.1) is 11.3 Å². The van der Waals surface area contributed by atoms with E-state index in [4.69, 9.17) is 11.0 Å². The maximum Gasteiger partial charge on any atom is 0.339 e. The summed E-state index contributed by atoms with van der Waals surface area (Å²) in [6, 6.07) is 2.83. The predicted octanol–water partition coefficient (Wildman–Crippen LogP) is -0.618. The topological polar surface area (TPSA) is 115 Å². The highest BCUT2D eigenvalue weighted by Crippen LogP contribution is 2.03. The van der Waals surface area contributed by atoms with E-state index in [1.165, 1.54) is 13.3 Å². The molecular formula is C11H11N3O4. The van der Waals surface area contributed by atoms with E-state index < -0.39 is 17.4 Å². The van der Waals surface area contributed by atoms with Crippen molar-refractivity contribution in [2.75, 3.05) is 7.11 Å². The molecular weight excluding hydrogens is 238 g/mol. The smallest absolute Gasteiger partial charge is 0.339 e. The summed E-state index contributed by atoms with van der Waals surface area (Å²) in [5, 5.41) is 8.79. The molecule has 2 N–H and O–H groups in total. The molecule has 0 saturated carbocycles. The molecule has 18 heavy (non-hydrogen) atoms. The molecule has 1 amide bonds. The summed E-state index contributed by atoms with van der Waals surface area (Å²) in [5.74, 6) is -1.25. The van der Waals surface area contributed by atoms with Crippen LogP contribution in [0.5, 0.6) is 0 Å². The molecule has 0 aliphatic carbocycles. The Labute approximate surface area is 102 Å². The van der Waals surface area contributed by atoms with E-state index in [2.05, 4.69) is 4.74 Å². The molecule has 1 aromatic rings. The van der Waals surface area contributed by atoms with Gasteiger partial charge in [-0.25, -0.2) is 4.79 Å². The number of nitriles is 1. The van der Waals surface area contributed by atoms with Crippen LogP contribution in [0.15, 0.2) is 17.1 Å². The van der Waals surface area contributed by atoms with Crippen LogP contribution in [0.4, 0.5) is 0 Å². The fraction of sp³-hybridized carbons (Fsp3) is 0.273. The van der Waals surface area contributed by atoms with E-state index in [0.717, 1.165) is 10.6 Å². The zero-order valence-electron chi connectivity index (χ0n) is 9.67. The third-order valence-corrected chi connectivity index (χ3v) is 2.23. The molecule has 0 aliphatic rings. The maximum absolute atomic E-state index is 11.7. The van der Waals surface area contributed by atoms with Crippen molar-refractivity contribution in [2.24, 2.45) is 5.73 Å². The van der Waals surface area contributed by atoms with Crippen molar-refractivity contribution in [3.05, 3.63) is 33.7 Å². The van der Waals surface area contributed by atoms with Crippen molar-refractivity contribution in [1.82, 2.24) is 4.57 Å². The Balaban J connectivity index is 3.24. The SMILES string of the molecule is COC(=O)c1cc(C#N)c(=O)n(CCC(N)=O)c1. The van der Waals surface area contributed by atoms with Crippen molar-refractivity contribution >= 4 is 11.9 Å². The molecule has 7 nitrogen and oxygen atoms in total.